The Hall–Kier alpha value is -2.24. The maximum atomic E-state index is 12.5. The van der Waals surface area contributed by atoms with Gasteiger partial charge in [-0.05, 0) is 18.2 Å². The van der Waals surface area contributed by atoms with Crippen molar-refractivity contribution >= 4 is 17.5 Å². The van der Waals surface area contributed by atoms with Crippen LogP contribution in [-0.4, -0.2) is 54.9 Å². The number of likely N-dealkylation sites (N-methyl/N-ethyl adjacent to an activating group) is 1. The number of amides is 2. The average Bonchev–Trinajstić information content (AvgIpc) is 2.46. The third-order valence-corrected chi connectivity index (χ3v) is 4.05. The number of benzene rings is 1. The molecule has 2 amide bonds. The fraction of sp³-hybridized carbons (Fsp3) is 0.500. The van der Waals surface area contributed by atoms with Crippen molar-refractivity contribution < 1.29 is 14.3 Å². The van der Waals surface area contributed by atoms with E-state index in [9.17, 15) is 9.59 Å². The summed E-state index contributed by atoms with van der Waals surface area (Å²) in [6, 6.07) is 5.06. The Labute approximate surface area is 130 Å². The topological polar surface area (TPSA) is 75.9 Å². The summed E-state index contributed by atoms with van der Waals surface area (Å²) in [6.45, 7) is 4.58. The summed E-state index contributed by atoms with van der Waals surface area (Å²) in [6.07, 6.45) is -0.188. The zero-order chi connectivity index (χ0) is 16.4. The van der Waals surface area contributed by atoms with E-state index < -0.39 is 0 Å². The molecular formula is C16H23N3O3. The number of hydrogen-bond acceptors (Lipinski definition) is 4. The molecule has 0 aliphatic carbocycles. The van der Waals surface area contributed by atoms with Crippen LogP contribution >= 0.6 is 0 Å². The van der Waals surface area contributed by atoms with Crippen LogP contribution in [0.15, 0.2) is 18.2 Å². The number of nitrogen functional groups attached to an aromatic ring is 1. The molecule has 0 saturated heterocycles. The smallest absolute Gasteiger partial charge is 0.257 e. The van der Waals surface area contributed by atoms with Crippen LogP contribution in [0.3, 0.4) is 0 Å². The second-order valence-corrected chi connectivity index (χ2v) is 5.97. The van der Waals surface area contributed by atoms with Gasteiger partial charge in [-0.1, -0.05) is 6.92 Å². The van der Waals surface area contributed by atoms with Crippen molar-refractivity contribution in [1.82, 2.24) is 9.80 Å². The van der Waals surface area contributed by atoms with Crippen molar-refractivity contribution in [2.45, 2.75) is 20.0 Å². The van der Waals surface area contributed by atoms with E-state index in [1.54, 1.807) is 42.1 Å². The highest BCUT2D eigenvalue weighted by atomic mass is 16.5. The third-order valence-electron chi connectivity index (χ3n) is 4.05. The Morgan fingerprint density at radius 3 is 2.82 bits per heavy atom. The minimum absolute atomic E-state index is 0.0141. The molecule has 0 aromatic heterocycles. The fourth-order valence-corrected chi connectivity index (χ4v) is 2.55. The Morgan fingerprint density at radius 1 is 1.50 bits per heavy atom. The first kappa shape index (κ1) is 16.1. The lowest BCUT2D eigenvalue weighted by Gasteiger charge is -2.34. The van der Waals surface area contributed by atoms with Gasteiger partial charge in [0, 0.05) is 39.2 Å². The van der Waals surface area contributed by atoms with Crippen LogP contribution in [0, 0.1) is 5.92 Å². The molecule has 6 nitrogen and oxygen atoms in total. The monoisotopic (exact) mass is 305 g/mol. The lowest BCUT2D eigenvalue weighted by atomic mass is 10.0. The van der Waals surface area contributed by atoms with Crippen molar-refractivity contribution in [3.05, 3.63) is 23.8 Å². The van der Waals surface area contributed by atoms with Crippen LogP contribution < -0.4 is 10.5 Å². The van der Waals surface area contributed by atoms with Crippen LogP contribution in [0.25, 0.3) is 0 Å². The zero-order valence-electron chi connectivity index (χ0n) is 13.5. The number of hydrogen-bond donors (Lipinski definition) is 1. The van der Waals surface area contributed by atoms with E-state index in [0.29, 0.717) is 30.1 Å². The first-order valence-electron chi connectivity index (χ1n) is 7.33. The van der Waals surface area contributed by atoms with E-state index in [0.717, 1.165) is 0 Å². The summed E-state index contributed by atoms with van der Waals surface area (Å²) in [5.74, 6) is 0.494. The first-order valence-corrected chi connectivity index (χ1v) is 7.33. The maximum Gasteiger partial charge on any atom is 0.257 e. The van der Waals surface area contributed by atoms with Gasteiger partial charge in [0.05, 0.1) is 12.1 Å². The highest BCUT2D eigenvalue weighted by Crippen LogP contribution is 2.28. The Morgan fingerprint density at radius 2 is 2.18 bits per heavy atom. The number of rotatable bonds is 2. The van der Waals surface area contributed by atoms with Crippen LogP contribution in [0.5, 0.6) is 5.75 Å². The lowest BCUT2D eigenvalue weighted by Crippen LogP contribution is -2.45. The van der Waals surface area contributed by atoms with E-state index in [1.807, 2.05) is 6.92 Å². The van der Waals surface area contributed by atoms with Gasteiger partial charge in [-0.3, -0.25) is 9.59 Å². The third kappa shape index (κ3) is 3.32. The molecule has 0 radical (unpaired) electrons. The zero-order valence-corrected chi connectivity index (χ0v) is 13.5. The molecule has 0 saturated carbocycles. The van der Waals surface area contributed by atoms with Crippen molar-refractivity contribution in [3.63, 3.8) is 0 Å². The van der Waals surface area contributed by atoms with Gasteiger partial charge in [0.25, 0.3) is 5.91 Å². The largest absolute Gasteiger partial charge is 0.487 e. The quantitative estimate of drug-likeness (QED) is 0.834. The molecule has 1 heterocycles. The molecule has 1 aromatic rings. The van der Waals surface area contributed by atoms with Crippen molar-refractivity contribution in [3.8, 4) is 5.75 Å². The van der Waals surface area contributed by atoms with Gasteiger partial charge in [0.15, 0.2) is 0 Å². The molecule has 2 rings (SSSR count). The molecule has 2 N–H and O–H groups in total. The summed E-state index contributed by atoms with van der Waals surface area (Å²) < 4.78 is 6.05. The number of ether oxygens (including phenoxy) is 1. The Balaban J connectivity index is 2.35. The minimum Gasteiger partial charge on any atom is -0.487 e. The molecule has 1 aliphatic heterocycles. The number of fused-ring (bicyclic) bond motifs is 1. The standard InChI is InChI=1S/C16H23N3O3/c1-10-8-19(4)16(21)13-7-12(17)5-6-14(13)22-15(10)9-18(3)11(2)20/h5-7,10,15H,8-9,17H2,1-4H3/t10-,15+/m1/s1. The second kappa shape index (κ2) is 6.25. The van der Waals surface area contributed by atoms with E-state index in [4.69, 9.17) is 10.5 Å². The van der Waals surface area contributed by atoms with Gasteiger partial charge in [-0.15, -0.1) is 0 Å². The summed E-state index contributed by atoms with van der Waals surface area (Å²) in [5, 5.41) is 0. The molecule has 0 bridgehead atoms. The molecule has 0 spiro atoms. The molecular weight excluding hydrogens is 282 g/mol. The summed E-state index contributed by atoms with van der Waals surface area (Å²) in [7, 11) is 3.51. The Kier molecular flexibility index (Phi) is 4.59. The van der Waals surface area contributed by atoms with Crippen LogP contribution in [0.1, 0.15) is 24.2 Å². The van der Waals surface area contributed by atoms with E-state index in [2.05, 4.69) is 0 Å². The summed E-state index contributed by atoms with van der Waals surface area (Å²) >= 11 is 0. The van der Waals surface area contributed by atoms with Gasteiger partial charge in [-0.25, -0.2) is 0 Å². The fourth-order valence-electron chi connectivity index (χ4n) is 2.55. The number of carbonyl (C=O) groups is 2. The molecule has 22 heavy (non-hydrogen) atoms. The molecule has 0 unspecified atom stereocenters. The molecule has 0 fully saturated rings. The van der Waals surface area contributed by atoms with Gasteiger partial charge in [-0.2, -0.15) is 0 Å². The van der Waals surface area contributed by atoms with E-state index >= 15 is 0 Å². The van der Waals surface area contributed by atoms with Gasteiger partial charge < -0.3 is 20.3 Å². The van der Waals surface area contributed by atoms with Crippen molar-refractivity contribution in [2.75, 3.05) is 32.9 Å². The highest BCUT2D eigenvalue weighted by Gasteiger charge is 2.30. The van der Waals surface area contributed by atoms with Gasteiger partial charge in [0.1, 0.15) is 11.9 Å². The van der Waals surface area contributed by atoms with E-state index in [-0.39, 0.29) is 23.8 Å². The highest BCUT2D eigenvalue weighted by molar-refractivity contribution is 5.97. The van der Waals surface area contributed by atoms with Gasteiger partial charge >= 0.3 is 0 Å². The predicted octanol–water partition coefficient (Wildman–Crippen LogP) is 1.22. The maximum absolute atomic E-state index is 12.5. The average molecular weight is 305 g/mol. The van der Waals surface area contributed by atoms with Crippen molar-refractivity contribution in [2.24, 2.45) is 5.92 Å². The first-order chi connectivity index (χ1) is 10.3. The van der Waals surface area contributed by atoms with Crippen LogP contribution in [0.2, 0.25) is 0 Å². The predicted molar refractivity (Wildman–Crippen MR) is 84.7 cm³/mol. The van der Waals surface area contributed by atoms with Crippen LogP contribution in [-0.2, 0) is 4.79 Å². The van der Waals surface area contributed by atoms with E-state index in [1.165, 1.54) is 6.92 Å². The molecule has 1 aromatic carbocycles. The lowest BCUT2D eigenvalue weighted by molar-refractivity contribution is -0.129. The van der Waals surface area contributed by atoms with Crippen molar-refractivity contribution in [1.29, 1.82) is 0 Å². The molecule has 120 valence electrons. The SMILES string of the molecule is CC(=O)N(C)C[C@@H]1Oc2ccc(N)cc2C(=O)N(C)C[C@H]1C. The normalized spacial score (nSPS) is 21.5. The number of anilines is 1. The van der Waals surface area contributed by atoms with Gasteiger partial charge in [0.2, 0.25) is 5.91 Å². The molecule has 2 atom stereocenters. The number of carbonyl (C=O) groups excluding carboxylic acids is 2. The second-order valence-electron chi connectivity index (χ2n) is 5.97. The number of nitrogens with two attached hydrogens (primary N) is 1. The summed E-state index contributed by atoms with van der Waals surface area (Å²) in [4.78, 5) is 27.2. The minimum atomic E-state index is -0.188. The molecule has 1 aliphatic rings. The summed E-state index contributed by atoms with van der Waals surface area (Å²) in [5.41, 5.74) is 6.77. The number of nitrogens with zero attached hydrogens (tertiary/aromatic N) is 2. The molecule has 6 heteroatoms. The Bertz CT molecular complexity index is 588. The van der Waals surface area contributed by atoms with Crippen LogP contribution in [0.4, 0.5) is 5.69 Å².